The molecule has 2 heterocycles. The van der Waals surface area contributed by atoms with Gasteiger partial charge >= 0.3 is 11.9 Å². The number of aryl methyl sites for hydroxylation is 1. The molecule has 1 atom stereocenters. The maximum Gasteiger partial charge on any atom is 0.335 e. The predicted octanol–water partition coefficient (Wildman–Crippen LogP) is 3.31. The molecule has 0 unspecified atom stereocenters. The molecule has 0 aliphatic rings. The summed E-state index contributed by atoms with van der Waals surface area (Å²) in [4.78, 5) is 34.9. The number of aromatic hydroxyl groups is 1. The van der Waals surface area contributed by atoms with Gasteiger partial charge in [-0.15, -0.1) is 0 Å². The Bertz CT molecular complexity index is 1100. The summed E-state index contributed by atoms with van der Waals surface area (Å²) in [6.07, 6.45) is -0.221. The second kappa shape index (κ2) is 8.05. The Balaban J connectivity index is 2.03. The number of benzene rings is 1. The van der Waals surface area contributed by atoms with E-state index in [9.17, 15) is 19.5 Å². The lowest BCUT2D eigenvalue weighted by atomic mass is 9.98. The lowest BCUT2D eigenvalue weighted by Gasteiger charge is -2.14. The van der Waals surface area contributed by atoms with Crippen molar-refractivity contribution < 1.29 is 33.4 Å². The zero-order valence-corrected chi connectivity index (χ0v) is 15.7. The van der Waals surface area contributed by atoms with E-state index in [-0.39, 0.29) is 29.3 Å². The molecule has 0 aliphatic carbocycles. The van der Waals surface area contributed by atoms with Crippen LogP contribution in [0.2, 0.25) is 0 Å². The fourth-order valence-corrected chi connectivity index (χ4v) is 2.91. The number of methoxy groups -OCH3 is 1. The summed E-state index contributed by atoms with van der Waals surface area (Å²) in [6.45, 7) is 1.55. The first-order chi connectivity index (χ1) is 13.8. The highest BCUT2D eigenvalue weighted by atomic mass is 16.5. The smallest absolute Gasteiger partial charge is 0.335 e. The summed E-state index contributed by atoms with van der Waals surface area (Å²) in [6, 6.07) is 10.4. The third-order valence-corrected chi connectivity index (χ3v) is 4.37. The number of ether oxygens (including phenoxy) is 1. The molecule has 8 nitrogen and oxygen atoms in total. The molecule has 29 heavy (non-hydrogen) atoms. The number of hydrogen-bond donors (Lipinski definition) is 2. The van der Waals surface area contributed by atoms with Crippen molar-refractivity contribution in [1.29, 1.82) is 0 Å². The number of carbonyl (C=O) groups is 2. The van der Waals surface area contributed by atoms with E-state index >= 15 is 0 Å². The number of esters is 1. The Morgan fingerprint density at radius 3 is 2.41 bits per heavy atom. The lowest BCUT2D eigenvalue weighted by molar-refractivity contribution is -0.141. The van der Waals surface area contributed by atoms with Crippen LogP contribution in [0.4, 0.5) is 0 Å². The van der Waals surface area contributed by atoms with E-state index in [0.29, 0.717) is 11.3 Å². The van der Waals surface area contributed by atoms with Gasteiger partial charge in [-0.25, -0.2) is 4.79 Å². The highest BCUT2D eigenvalue weighted by Crippen LogP contribution is 2.36. The van der Waals surface area contributed by atoms with Crippen molar-refractivity contribution in [3.05, 3.63) is 75.5 Å². The molecule has 3 rings (SSSR count). The SMILES string of the molecule is COC(=O)C[C@@H](c1ccc(-c2ccc(C(=O)O)cc2)o1)c1oc(C)cc(=O)c1O. The van der Waals surface area contributed by atoms with E-state index in [4.69, 9.17) is 18.7 Å². The van der Waals surface area contributed by atoms with Gasteiger partial charge in [0.1, 0.15) is 17.3 Å². The van der Waals surface area contributed by atoms with Crippen molar-refractivity contribution in [2.24, 2.45) is 0 Å². The zero-order chi connectivity index (χ0) is 21.1. The summed E-state index contributed by atoms with van der Waals surface area (Å²) >= 11 is 0. The van der Waals surface area contributed by atoms with E-state index in [0.717, 1.165) is 6.07 Å². The van der Waals surface area contributed by atoms with Crippen LogP contribution in [-0.2, 0) is 9.53 Å². The van der Waals surface area contributed by atoms with Crippen LogP contribution in [0.3, 0.4) is 0 Å². The first-order valence-corrected chi connectivity index (χ1v) is 8.64. The van der Waals surface area contributed by atoms with Gasteiger partial charge in [-0.3, -0.25) is 9.59 Å². The average Bonchev–Trinajstić information content (AvgIpc) is 3.18. The number of hydrogen-bond acceptors (Lipinski definition) is 7. The van der Waals surface area contributed by atoms with E-state index in [1.807, 2.05) is 0 Å². The highest BCUT2D eigenvalue weighted by molar-refractivity contribution is 5.88. The van der Waals surface area contributed by atoms with Crippen molar-refractivity contribution in [3.8, 4) is 17.1 Å². The van der Waals surface area contributed by atoms with Crippen molar-refractivity contribution in [2.45, 2.75) is 19.3 Å². The molecule has 0 bridgehead atoms. The van der Waals surface area contributed by atoms with Gasteiger partial charge in [0, 0.05) is 11.6 Å². The Hall–Kier alpha value is -3.81. The monoisotopic (exact) mass is 398 g/mol. The third kappa shape index (κ3) is 4.21. The molecule has 1 aromatic carbocycles. The number of aromatic carboxylic acids is 1. The van der Waals surface area contributed by atoms with E-state index in [1.54, 1.807) is 31.2 Å². The van der Waals surface area contributed by atoms with Crippen molar-refractivity contribution >= 4 is 11.9 Å². The fraction of sp³-hybridized carbons (Fsp3) is 0.190. The summed E-state index contributed by atoms with van der Waals surface area (Å²) in [5.74, 6) is -2.24. The maximum absolute atomic E-state index is 12.0. The van der Waals surface area contributed by atoms with Gasteiger partial charge in [0.15, 0.2) is 5.76 Å². The normalized spacial score (nSPS) is 11.8. The summed E-state index contributed by atoms with van der Waals surface area (Å²) < 4.78 is 16.1. The van der Waals surface area contributed by atoms with Crippen LogP contribution in [-0.4, -0.2) is 29.3 Å². The van der Waals surface area contributed by atoms with Crippen molar-refractivity contribution in [2.75, 3.05) is 7.11 Å². The van der Waals surface area contributed by atoms with E-state index < -0.39 is 29.0 Å². The third-order valence-electron chi connectivity index (χ3n) is 4.37. The molecular formula is C21H18O8. The zero-order valence-electron chi connectivity index (χ0n) is 15.7. The molecule has 3 aromatic rings. The van der Waals surface area contributed by atoms with E-state index in [1.165, 1.54) is 19.2 Å². The number of carboxylic acids is 1. The topological polar surface area (TPSA) is 127 Å². The van der Waals surface area contributed by atoms with Gasteiger partial charge < -0.3 is 23.8 Å². The van der Waals surface area contributed by atoms with Crippen molar-refractivity contribution in [1.82, 2.24) is 0 Å². The van der Waals surface area contributed by atoms with Crippen LogP contribution in [0.15, 0.2) is 56.1 Å². The minimum atomic E-state index is -1.04. The summed E-state index contributed by atoms with van der Waals surface area (Å²) in [7, 11) is 1.23. The average molecular weight is 398 g/mol. The second-order valence-electron chi connectivity index (χ2n) is 6.35. The van der Waals surface area contributed by atoms with Gasteiger partial charge in [0.25, 0.3) is 0 Å². The van der Waals surface area contributed by atoms with Crippen LogP contribution in [0, 0.1) is 6.92 Å². The van der Waals surface area contributed by atoms with E-state index in [2.05, 4.69) is 0 Å². The van der Waals surface area contributed by atoms with Gasteiger partial charge in [-0.05, 0) is 31.2 Å². The summed E-state index contributed by atoms with van der Waals surface area (Å²) in [5, 5.41) is 19.2. The van der Waals surface area contributed by atoms with Crippen LogP contribution in [0.5, 0.6) is 5.75 Å². The van der Waals surface area contributed by atoms with Gasteiger partial charge in [0.05, 0.1) is 25.0 Å². The lowest BCUT2D eigenvalue weighted by Crippen LogP contribution is -2.13. The molecule has 0 radical (unpaired) electrons. The molecule has 0 saturated carbocycles. The quantitative estimate of drug-likeness (QED) is 0.606. The second-order valence-corrected chi connectivity index (χ2v) is 6.35. The molecule has 150 valence electrons. The van der Waals surface area contributed by atoms with Gasteiger partial charge in [-0.1, -0.05) is 12.1 Å². The molecule has 0 saturated heterocycles. The van der Waals surface area contributed by atoms with Crippen LogP contribution in [0.25, 0.3) is 11.3 Å². The molecule has 2 aromatic heterocycles. The Morgan fingerprint density at radius 1 is 1.10 bits per heavy atom. The Labute approximate surface area is 165 Å². The number of carboxylic acid groups (broad SMARTS) is 1. The molecule has 0 spiro atoms. The van der Waals surface area contributed by atoms with Crippen LogP contribution < -0.4 is 5.43 Å². The van der Waals surface area contributed by atoms with Crippen LogP contribution >= 0.6 is 0 Å². The first-order valence-electron chi connectivity index (χ1n) is 8.64. The molecule has 8 heteroatoms. The molecule has 0 fully saturated rings. The molecule has 0 amide bonds. The molecule has 0 aliphatic heterocycles. The number of furan rings is 1. The summed E-state index contributed by atoms with van der Waals surface area (Å²) in [5.41, 5.74) is 0.123. The maximum atomic E-state index is 12.0. The Morgan fingerprint density at radius 2 is 1.79 bits per heavy atom. The number of carbonyl (C=O) groups excluding carboxylic acids is 1. The van der Waals surface area contributed by atoms with Gasteiger partial charge in [0.2, 0.25) is 11.2 Å². The molecule has 2 N–H and O–H groups in total. The minimum Gasteiger partial charge on any atom is -0.502 e. The van der Waals surface area contributed by atoms with Crippen LogP contribution in [0.1, 0.15) is 40.0 Å². The highest BCUT2D eigenvalue weighted by Gasteiger charge is 2.29. The minimum absolute atomic E-state index is 0.0949. The van der Waals surface area contributed by atoms with Crippen molar-refractivity contribution in [3.63, 3.8) is 0 Å². The molecular weight excluding hydrogens is 380 g/mol. The Kier molecular flexibility index (Phi) is 5.54. The largest absolute Gasteiger partial charge is 0.502 e. The fourth-order valence-electron chi connectivity index (χ4n) is 2.91. The van der Waals surface area contributed by atoms with Gasteiger partial charge in [-0.2, -0.15) is 0 Å². The standard InChI is InChI=1S/C21H18O8/c1-11-9-15(22)19(24)20(28-11)14(10-18(23)27-2)17-8-7-16(29-17)12-3-5-13(6-4-12)21(25)26/h3-9,14,24H,10H2,1-2H3,(H,25,26)/t14-/m0/s1. The predicted molar refractivity (Wildman–Crippen MR) is 101 cm³/mol. The first kappa shape index (κ1) is 19.9. The number of rotatable bonds is 6.